The highest BCUT2D eigenvalue weighted by Gasteiger charge is 2.27. The lowest BCUT2D eigenvalue weighted by Crippen LogP contribution is -2.42. The molecule has 0 radical (unpaired) electrons. The molecular formula is C13H19N7O2. The van der Waals surface area contributed by atoms with Crippen molar-refractivity contribution in [1.82, 2.24) is 35.1 Å². The van der Waals surface area contributed by atoms with Crippen molar-refractivity contribution >= 4 is 5.91 Å². The zero-order valence-corrected chi connectivity index (χ0v) is 12.5. The summed E-state index contributed by atoms with van der Waals surface area (Å²) in [6.07, 6.45) is 4.27. The van der Waals surface area contributed by atoms with Crippen LogP contribution in [0.1, 0.15) is 31.1 Å². The van der Waals surface area contributed by atoms with Crippen LogP contribution in [-0.2, 0) is 22.5 Å². The monoisotopic (exact) mass is 305 g/mol. The van der Waals surface area contributed by atoms with E-state index in [9.17, 15) is 4.79 Å². The number of hydrogen-bond donors (Lipinski definition) is 1. The van der Waals surface area contributed by atoms with Gasteiger partial charge in [-0.2, -0.15) is 5.10 Å². The van der Waals surface area contributed by atoms with E-state index in [-0.39, 0.29) is 12.0 Å². The van der Waals surface area contributed by atoms with E-state index in [2.05, 4.69) is 25.5 Å². The van der Waals surface area contributed by atoms with Crippen LogP contribution in [0.3, 0.4) is 0 Å². The maximum atomic E-state index is 12.3. The Morgan fingerprint density at radius 3 is 3.18 bits per heavy atom. The number of carbonyl (C=O) groups excluding carboxylic acids is 1. The fraction of sp³-hybridized carbons (Fsp3) is 0.615. The lowest BCUT2D eigenvalue weighted by Gasteiger charge is -2.31. The summed E-state index contributed by atoms with van der Waals surface area (Å²) in [4.78, 5) is 18.5. The van der Waals surface area contributed by atoms with Crippen molar-refractivity contribution in [2.24, 2.45) is 0 Å². The third kappa shape index (κ3) is 3.30. The number of hydrogen-bond acceptors (Lipinski definition) is 6. The third-order valence-electron chi connectivity index (χ3n) is 3.62. The summed E-state index contributed by atoms with van der Waals surface area (Å²) in [5.74, 6) is 1.52. The molecule has 0 bridgehead atoms. The molecule has 1 amide bonds. The van der Waals surface area contributed by atoms with Gasteiger partial charge in [0.05, 0.1) is 25.9 Å². The predicted molar refractivity (Wildman–Crippen MR) is 75.7 cm³/mol. The molecule has 1 atom stereocenters. The van der Waals surface area contributed by atoms with Gasteiger partial charge in [0.1, 0.15) is 11.9 Å². The van der Waals surface area contributed by atoms with Gasteiger partial charge in [-0.25, -0.2) is 4.98 Å². The Morgan fingerprint density at radius 1 is 1.55 bits per heavy atom. The molecule has 22 heavy (non-hydrogen) atoms. The number of ether oxygens (including phenoxy) is 1. The smallest absolute Gasteiger partial charge is 0.224 e. The molecule has 9 heteroatoms. The van der Waals surface area contributed by atoms with Gasteiger partial charge in [-0.05, 0) is 0 Å². The van der Waals surface area contributed by atoms with Crippen LogP contribution in [-0.4, -0.2) is 60.7 Å². The maximum Gasteiger partial charge on any atom is 0.224 e. The number of H-pyrrole nitrogens is 1. The second kappa shape index (κ2) is 6.65. The molecule has 0 aliphatic carbocycles. The number of aryl methyl sites for hydroxylation is 2. The first-order valence-corrected chi connectivity index (χ1v) is 7.41. The van der Waals surface area contributed by atoms with E-state index in [1.54, 1.807) is 22.0 Å². The zero-order valence-electron chi connectivity index (χ0n) is 12.5. The SMILES string of the molecule is CCc1nc([C@H]2CN(C(=O)CCn3ccnn3)CCO2)n[nH]1. The van der Waals surface area contributed by atoms with Gasteiger partial charge in [-0.3, -0.25) is 14.6 Å². The van der Waals surface area contributed by atoms with E-state index in [1.165, 1.54) is 0 Å². The Balaban J connectivity index is 1.56. The quantitative estimate of drug-likeness (QED) is 0.831. The summed E-state index contributed by atoms with van der Waals surface area (Å²) in [6, 6.07) is 0. The Kier molecular flexibility index (Phi) is 4.42. The Labute approximate surface area is 127 Å². The number of amides is 1. The van der Waals surface area contributed by atoms with E-state index in [1.807, 2.05) is 6.92 Å². The molecule has 3 rings (SSSR count). The first kappa shape index (κ1) is 14.6. The maximum absolute atomic E-state index is 12.3. The number of rotatable bonds is 5. The van der Waals surface area contributed by atoms with Crippen molar-refractivity contribution in [2.45, 2.75) is 32.4 Å². The molecule has 118 valence electrons. The van der Waals surface area contributed by atoms with Crippen molar-refractivity contribution in [3.63, 3.8) is 0 Å². The zero-order chi connectivity index (χ0) is 15.4. The fourth-order valence-electron chi connectivity index (χ4n) is 2.36. The number of morpholine rings is 1. The normalized spacial score (nSPS) is 18.6. The van der Waals surface area contributed by atoms with Gasteiger partial charge in [0.15, 0.2) is 5.82 Å². The number of nitrogens with one attached hydrogen (secondary N) is 1. The standard InChI is InChI=1S/C13H19N7O2/c1-2-11-15-13(17-16-11)10-9-19(7-8-22-10)12(21)3-5-20-6-4-14-18-20/h4,6,10H,2-3,5,7-9H2,1H3,(H,15,16,17)/t10-/m1/s1. The minimum atomic E-state index is -0.263. The molecular weight excluding hydrogens is 286 g/mol. The van der Waals surface area contributed by atoms with E-state index in [0.29, 0.717) is 38.5 Å². The Hall–Kier alpha value is -2.29. The fourth-order valence-corrected chi connectivity index (χ4v) is 2.36. The topological polar surface area (TPSA) is 102 Å². The van der Waals surface area contributed by atoms with E-state index in [0.717, 1.165) is 12.2 Å². The highest BCUT2D eigenvalue weighted by Crippen LogP contribution is 2.19. The van der Waals surface area contributed by atoms with Gasteiger partial charge in [-0.1, -0.05) is 12.1 Å². The second-order valence-electron chi connectivity index (χ2n) is 5.11. The summed E-state index contributed by atoms with van der Waals surface area (Å²) in [7, 11) is 0. The molecule has 1 N–H and O–H groups in total. The first-order valence-electron chi connectivity index (χ1n) is 7.41. The van der Waals surface area contributed by atoms with Crippen molar-refractivity contribution in [2.75, 3.05) is 19.7 Å². The van der Waals surface area contributed by atoms with Gasteiger partial charge in [-0.15, -0.1) is 5.10 Å². The second-order valence-corrected chi connectivity index (χ2v) is 5.11. The highest BCUT2D eigenvalue weighted by molar-refractivity contribution is 5.76. The Morgan fingerprint density at radius 2 is 2.45 bits per heavy atom. The lowest BCUT2D eigenvalue weighted by atomic mass is 10.2. The molecule has 0 unspecified atom stereocenters. The summed E-state index contributed by atoms with van der Waals surface area (Å²) in [6.45, 7) is 4.11. The van der Waals surface area contributed by atoms with Crippen LogP contribution >= 0.6 is 0 Å². The number of carbonyl (C=O) groups is 1. The molecule has 1 saturated heterocycles. The summed E-state index contributed by atoms with van der Waals surface area (Å²) in [5, 5.41) is 14.6. The number of aromatic nitrogens is 6. The van der Waals surface area contributed by atoms with Gasteiger partial charge in [0, 0.05) is 25.6 Å². The highest BCUT2D eigenvalue weighted by atomic mass is 16.5. The summed E-state index contributed by atoms with van der Waals surface area (Å²) in [5.41, 5.74) is 0. The van der Waals surface area contributed by atoms with E-state index >= 15 is 0 Å². The number of nitrogens with zero attached hydrogens (tertiary/aromatic N) is 6. The molecule has 1 fully saturated rings. The van der Waals surface area contributed by atoms with Crippen molar-refractivity contribution in [1.29, 1.82) is 0 Å². The lowest BCUT2D eigenvalue weighted by molar-refractivity contribution is -0.139. The van der Waals surface area contributed by atoms with Crippen LogP contribution in [0, 0.1) is 0 Å². The van der Waals surface area contributed by atoms with Crippen molar-refractivity contribution < 1.29 is 9.53 Å². The van der Waals surface area contributed by atoms with Gasteiger partial charge >= 0.3 is 0 Å². The summed E-state index contributed by atoms with van der Waals surface area (Å²) < 4.78 is 7.34. The average Bonchev–Trinajstić information content (AvgIpc) is 3.24. The molecule has 2 aromatic heterocycles. The van der Waals surface area contributed by atoms with Crippen LogP contribution in [0.5, 0.6) is 0 Å². The number of aromatic amines is 1. The first-order chi connectivity index (χ1) is 10.8. The van der Waals surface area contributed by atoms with Crippen LogP contribution in [0.2, 0.25) is 0 Å². The van der Waals surface area contributed by atoms with Crippen LogP contribution in [0.15, 0.2) is 12.4 Å². The van der Waals surface area contributed by atoms with Crippen molar-refractivity contribution in [3.8, 4) is 0 Å². The third-order valence-corrected chi connectivity index (χ3v) is 3.62. The molecule has 0 saturated carbocycles. The van der Waals surface area contributed by atoms with E-state index < -0.39 is 0 Å². The van der Waals surface area contributed by atoms with Crippen LogP contribution < -0.4 is 0 Å². The molecule has 3 heterocycles. The van der Waals surface area contributed by atoms with Crippen LogP contribution in [0.25, 0.3) is 0 Å². The van der Waals surface area contributed by atoms with Gasteiger partial charge < -0.3 is 9.64 Å². The largest absolute Gasteiger partial charge is 0.366 e. The van der Waals surface area contributed by atoms with Crippen LogP contribution in [0.4, 0.5) is 0 Å². The molecule has 0 spiro atoms. The minimum absolute atomic E-state index is 0.0788. The molecule has 0 aromatic carbocycles. The molecule has 2 aromatic rings. The predicted octanol–water partition coefficient (Wildman–Crippen LogP) is -0.0512. The molecule has 1 aliphatic heterocycles. The van der Waals surface area contributed by atoms with E-state index in [4.69, 9.17) is 4.74 Å². The molecule has 9 nitrogen and oxygen atoms in total. The van der Waals surface area contributed by atoms with Gasteiger partial charge in [0.2, 0.25) is 5.91 Å². The molecule has 1 aliphatic rings. The van der Waals surface area contributed by atoms with Gasteiger partial charge in [0.25, 0.3) is 0 Å². The minimum Gasteiger partial charge on any atom is -0.366 e. The Bertz CT molecular complexity index is 610. The van der Waals surface area contributed by atoms with Crippen molar-refractivity contribution in [3.05, 3.63) is 24.0 Å². The average molecular weight is 305 g/mol. The summed E-state index contributed by atoms with van der Waals surface area (Å²) >= 11 is 0.